The van der Waals surface area contributed by atoms with E-state index in [4.69, 9.17) is 4.74 Å². The fourth-order valence-electron chi connectivity index (χ4n) is 4.24. The van der Waals surface area contributed by atoms with Crippen molar-refractivity contribution in [3.63, 3.8) is 0 Å². The molecule has 1 aromatic rings. The van der Waals surface area contributed by atoms with Crippen LogP contribution in [0.5, 0.6) is 0 Å². The van der Waals surface area contributed by atoms with Crippen molar-refractivity contribution in [1.82, 2.24) is 4.90 Å². The molecular formula is C18H25NO2. The lowest BCUT2D eigenvalue weighted by atomic mass is 9.88. The zero-order chi connectivity index (χ0) is 14.8. The van der Waals surface area contributed by atoms with Crippen LogP contribution in [-0.4, -0.2) is 31.6 Å². The number of hydrogen-bond acceptors (Lipinski definition) is 3. The summed E-state index contributed by atoms with van der Waals surface area (Å²) in [6.07, 6.45) is 5.85. The van der Waals surface area contributed by atoms with Crippen molar-refractivity contribution in [3.05, 3.63) is 35.4 Å². The monoisotopic (exact) mass is 287 g/mol. The van der Waals surface area contributed by atoms with Crippen LogP contribution in [0.1, 0.15) is 41.6 Å². The van der Waals surface area contributed by atoms with Gasteiger partial charge in [0.05, 0.1) is 12.7 Å². The number of methoxy groups -OCH3 is 1. The smallest absolute Gasteiger partial charge is 0.337 e. The Morgan fingerprint density at radius 3 is 2.57 bits per heavy atom. The Hall–Kier alpha value is -1.35. The molecule has 21 heavy (non-hydrogen) atoms. The molecule has 2 fully saturated rings. The van der Waals surface area contributed by atoms with Gasteiger partial charge in [0.15, 0.2) is 0 Å². The lowest BCUT2D eigenvalue weighted by Crippen LogP contribution is -2.28. The highest BCUT2D eigenvalue weighted by Gasteiger charge is 2.39. The Bertz CT molecular complexity index is 496. The number of hydrogen-bond donors (Lipinski definition) is 0. The Morgan fingerprint density at radius 1 is 1.24 bits per heavy atom. The minimum Gasteiger partial charge on any atom is -0.465 e. The third-order valence-electron chi connectivity index (χ3n) is 5.26. The summed E-state index contributed by atoms with van der Waals surface area (Å²) in [7, 11) is 3.62. The number of fused-ring (bicyclic) bond motifs is 2. The van der Waals surface area contributed by atoms with Crippen molar-refractivity contribution in [3.8, 4) is 0 Å². The Labute approximate surface area is 127 Å². The van der Waals surface area contributed by atoms with E-state index in [0.29, 0.717) is 5.56 Å². The van der Waals surface area contributed by atoms with Crippen LogP contribution in [0.3, 0.4) is 0 Å². The second kappa shape index (κ2) is 6.18. The number of nitrogens with zero attached hydrogens (tertiary/aromatic N) is 1. The van der Waals surface area contributed by atoms with E-state index in [2.05, 4.69) is 11.9 Å². The normalized spacial score (nSPS) is 27.3. The lowest BCUT2D eigenvalue weighted by molar-refractivity contribution is 0.0600. The van der Waals surface area contributed by atoms with Gasteiger partial charge in [-0.2, -0.15) is 0 Å². The SMILES string of the molecule is COC(=O)c1ccc(CN(C)CC2CC3CCC2C3)cc1. The maximum Gasteiger partial charge on any atom is 0.337 e. The molecule has 3 unspecified atom stereocenters. The van der Waals surface area contributed by atoms with Gasteiger partial charge in [-0.15, -0.1) is 0 Å². The Balaban J connectivity index is 1.52. The van der Waals surface area contributed by atoms with Crippen molar-refractivity contribution in [2.45, 2.75) is 32.2 Å². The van der Waals surface area contributed by atoms with Crippen molar-refractivity contribution in [2.75, 3.05) is 20.7 Å². The second-order valence-electron chi connectivity index (χ2n) is 6.82. The summed E-state index contributed by atoms with van der Waals surface area (Å²) in [5.41, 5.74) is 1.88. The van der Waals surface area contributed by atoms with Gasteiger partial charge in [0.1, 0.15) is 0 Å². The van der Waals surface area contributed by atoms with Crippen molar-refractivity contribution in [1.29, 1.82) is 0 Å². The summed E-state index contributed by atoms with van der Waals surface area (Å²) in [4.78, 5) is 13.8. The van der Waals surface area contributed by atoms with Crippen LogP contribution in [0, 0.1) is 17.8 Å². The maximum absolute atomic E-state index is 11.4. The number of benzene rings is 1. The molecule has 0 spiro atoms. The first-order valence-electron chi connectivity index (χ1n) is 8.01. The molecule has 3 heteroatoms. The van der Waals surface area contributed by atoms with E-state index < -0.39 is 0 Å². The van der Waals surface area contributed by atoms with E-state index >= 15 is 0 Å². The van der Waals surface area contributed by atoms with Gasteiger partial charge in [-0.05, 0) is 61.8 Å². The number of esters is 1. The molecule has 0 aromatic heterocycles. The molecule has 1 aromatic carbocycles. The van der Waals surface area contributed by atoms with Crippen LogP contribution in [-0.2, 0) is 11.3 Å². The third-order valence-corrected chi connectivity index (χ3v) is 5.26. The molecule has 0 aliphatic heterocycles. The van der Waals surface area contributed by atoms with E-state index in [1.807, 2.05) is 24.3 Å². The topological polar surface area (TPSA) is 29.5 Å². The summed E-state index contributed by atoms with van der Waals surface area (Å²) < 4.78 is 4.72. The van der Waals surface area contributed by atoms with Crippen molar-refractivity contribution >= 4 is 5.97 Å². The Morgan fingerprint density at radius 2 is 2.00 bits per heavy atom. The average Bonchev–Trinajstić information content (AvgIpc) is 3.09. The zero-order valence-corrected chi connectivity index (χ0v) is 13.0. The molecule has 0 amide bonds. The lowest BCUT2D eigenvalue weighted by Gasteiger charge is -2.27. The largest absolute Gasteiger partial charge is 0.465 e. The predicted molar refractivity (Wildman–Crippen MR) is 83.1 cm³/mol. The second-order valence-corrected chi connectivity index (χ2v) is 6.82. The zero-order valence-electron chi connectivity index (χ0n) is 13.0. The number of carbonyl (C=O) groups is 1. The van der Waals surface area contributed by atoms with Crippen LogP contribution in [0.4, 0.5) is 0 Å². The number of carbonyl (C=O) groups excluding carboxylic acids is 1. The fraction of sp³-hybridized carbons (Fsp3) is 0.611. The fourth-order valence-corrected chi connectivity index (χ4v) is 4.24. The molecular weight excluding hydrogens is 262 g/mol. The first-order chi connectivity index (χ1) is 10.2. The standard InChI is InChI=1S/C18H25NO2/c1-19(12-17-10-14-5-8-16(17)9-14)11-13-3-6-15(7-4-13)18(20)21-2/h3-4,6-7,14,16-17H,5,8-12H2,1-2H3. The molecule has 3 rings (SSSR count). The first-order valence-corrected chi connectivity index (χ1v) is 8.01. The van der Waals surface area contributed by atoms with Gasteiger partial charge in [-0.25, -0.2) is 4.79 Å². The van der Waals surface area contributed by atoms with Crippen molar-refractivity contribution in [2.24, 2.45) is 17.8 Å². The summed E-state index contributed by atoms with van der Waals surface area (Å²) in [5.74, 6) is 2.65. The molecule has 0 radical (unpaired) electrons. The highest BCUT2D eigenvalue weighted by atomic mass is 16.5. The van der Waals surface area contributed by atoms with Crippen LogP contribution < -0.4 is 0 Å². The minimum absolute atomic E-state index is 0.267. The quantitative estimate of drug-likeness (QED) is 0.778. The van der Waals surface area contributed by atoms with Gasteiger partial charge < -0.3 is 9.64 Å². The van der Waals surface area contributed by atoms with E-state index in [-0.39, 0.29) is 5.97 Å². The van der Waals surface area contributed by atoms with Gasteiger partial charge in [-0.3, -0.25) is 0 Å². The molecule has 2 aliphatic carbocycles. The Kier molecular flexibility index (Phi) is 4.29. The van der Waals surface area contributed by atoms with Crippen LogP contribution in [0.2, 0.25) is 0 Å². The summed E-state index contributed by atoms with van der Waals surface area (Å²) in [6, 6.07) is 7.77. The summed E-state index contributed by atoms with van der Waals surface area (Å²) in [5, 5.41) is 0. The van der Waals surface area contributed by atoms with Crippen LogP contribution in [0.15, 0.2) is 24.3 Å². The summed E-state index contributed by atoms with van der Waals surface area (Å²) in [6.45, 7) is 2.16. The summed E-state index contributed by atoms with van der Waals surface area (Å²) >= 11 is 0. The minimum atomic E-state index is -0.267. The van der Waals surface area contributed by atoms with Gasteiger partial charge in [0.2, 0.25) is 0 Å². The van der Waals surface area contributed by atoms with Gasteiger partial charge in [0, 0.05) is 13.1 Å². The first kappa shape index (κ1) is 14.6. The molecule has 0 heterocycles. The number of ether oxygens (including phenoxy) is 1. The van der Waals surface area contributed by atoms with E-state index in [0.717, 1.165) is 24.3 Å². The van der Waals surface area contributed by atoms with Gasteiger partial charge >= 0.3 is 5.97 Å². The highest BCUT2D eigenvalue weighted by molar-refractivity contribution is 5.89. The predicted octanol–water partition coefficient (Wildman–Crippen LogP) is 3.34. The maximum atomic E-state index is 11.4. The highest BCUT2D eigenvalue weighted by Crippen LogP contribution is 2.48. The molecule has 0 saturated heterocycles. The van der Waals surface area contributed by atoms with Gasteiger partial charge in [-0.1, -0.05) is 18.6 Å². The van der Waals surface area contributed by atoms with E-state index in [1.165, 1.54) is 44.9 Å². The van der Waals surface area contributed by atoms with Crippen LogP contribution >= 0.6 is 0 Å². The average molecular weight is 287 g/mol. The van der Waals surface area contributed by atoms with Crippen LogP contribution in [0.25, 0.3) is 0 Å². The van der Waals surface area contributed by atoms with Gasteiger partial charge in [0.25, 0.3) is 0 Å². The molecule has 3 atom stereocenters. The van der Waals surface area contributed by atoms with Crippen molar-refractivity contribution < 1.29 is 9.53 Å². The third kappa shape index (κ3) is 3.29. The molecule has 0 N–H and O–H groups in total. The molecule has 2 saturated carbocycles. The molecule has 3 nitrogen and oxygen atoms in total. The number of rotatable bonds is 5. The molecule has 114 valence electrons. The van der Waals surface area contributed by atoms with E-state index in [1.54, 1.807) is 0 Å². The molecule has 2 bridgehead atoms. The molecule has 2 aliphatic rings. The van der Waals surface area contributed by atoms with E-state index in [9.17, 15) is 4.79 Å².